The summed E-state index contributed by atoms with van der Waals surface area (Å²) in [7, 11) is 1.84. The number of ketones is 1. The van der Waals surface area contributed by atoms with Gasteiger partial charge in [-0.1, -0.05) is 57.2 Å². The molecular formula is C20H24N2O3. The van der Waals surface area contributed by atoms with Gasteiger partial charge >= 0.3 is 0 Å². The number of nitrogens with zero attached hydrogens (tertiary/aromatic N) is 2. The summed E-state index contributed by atoms with van der Waals surface area (Å²) in [4.78, 5) is 24.8. The number of rotatable bonds is 6. The van der Waals surface area contributed by atoms with Gasteiger partial charge in [-0.3, -0.25) is 19.8 Å². The quantitative estimate of drug-likeness (QED) is 0.449. The Morgan fingerprint density at radius 1 is 1.08 bits per heavy atom. The maximum atomic E-state index is 12.4. The van der Waals surface area contributed by atoms with Crippen molar-refractivity contribution in [2.45, 2.75) is 32.7 Å². The Morgan fingerprint density at radius 2 is 1.68 bits per heavy atom. The van der Waals surface area contributed by atoms with E-state index >= 15 is 0 Å². The number of likely N-dealkylation sites (N-methyl/N-ethyl adjacent to an activating group) is 1. The fourth-order valence-electron chi connectivity index (χ4n) is 2.68. The molecule has 132 valence electrons. The van der Waals surface area contributed by atoms with Crippen molar-refractivity contribution >= 4 is 11.5 Å². The van der Waals surface area contributed by atoms with Crippen LogP contribution in [0.3, 0.4) is 0 Å². The highest BCUT2D eigenvalue weighted by molar-refractivity contribution is 6.01. The molecule has 25 heavy (non-hydrogen) atoms. The number of Topliss-reactive ketones (excluding diaryl/α,β-unsaturated/α-hetero) is 1. The number of nitro benzene ring substituents is 1. The molecule has 0 unspecified atom stereocenters. The lowest BCUT2D eigenvalue weighted by Crippen LogP contribution is -2.26. The number of benzene rings is 2. The molecule has 0 amide bonds. The van der Waals surface area contributed by atoms with E-state index in [-0.39, 0.29) is 29.0 Å². The molecule has 2 aromatic carbocycles. The Labute approximate surface area is 148 Å². The number of hydrogen-bond acceptors (Lipinski definition) is 4. The normalized spacial score (nSPS) is 11.6. The van der Waals surface area contributed by atoms with Gasteiger partial charge in [0.2, 0.25) is 0 Å². The van der Waals surface area contributed by atoms with Crippen LogP contribution in [0.4, 0.5) is 5.69 Å². The third-order valence-corrected chi connectivity index (χ3v) is 4.09. The van der Waals surface area contributed by atoms with Crippen LogP contribution < -0.4 is 0 Å². The predicted octanol–water partition coefficient (Wildman–Crippen LogP) is 4.21. The lowest BCUT2D eigenvalue weighted by Gasteiger charge is -2.20. The van der Waals surface area contributed by atoms with E-state index in [1.54, 1.807) is 12.1 Å². The van der Waals surface area contributed by atoms with E-state index in [1.165, 1.54) is 17.7 Å². The highest BCUT2D eigenvalue weighted by atomic mass is 16.6. The highest BCUT2D eigenvalue weighted by Gasteiger charge is 2.20. The minimum absolute atomic E-state index is 0.104. The zero-order valence-electron chi connectivity index (χ0n) is 15.2. The van der Waals surface area contributed by atoms with Gasteiger partial charge in [0.1, 0.15) is 0 Å². The van der Waals surface area contributed by atoms with Crippen LogP contribution in [0, 0.1) is 10.1 Å². The van der Waals surface area contributed by atoms with E-state index in [0.29, 0.717) is 6.54 Å². The van der Waals surface area contributed by atoms with Gasteiger partial charge in [0.05, 0.1) is 17.0 Å². The van der Waals surface area contributed by atoms with Gasteiger partial charge < -0.3 is 0 Å². The molecule has 2 aromatic rings. The molecule has 5 heteroatoms. The molecule has 0 saturated carbocycles. The van der Waals surface area contributed by atoms with Gasteiger partial charge in [-0.05, 0) is 29.7 Å². The van der Waals surface area contributed by atoms with Gasteiger partial charge in [-0.25, -0.2) is 0 Å². The Morgan fingerprint density at radius 3 is 2.24 bits per heavy atom. The molecule has 0 aliphatic rings. The lowest BCUT2D eigenvalue weighted by atomic mass is 9.87. The van der Waals surface area contributed by atoms with Crippen LogP contribution in [-0.2, 0) is 12.0 Å². The molecule has 0 fully saturated rings. The minimum atomic E-state index is -0.515. The summed E-state index contributed by atoms with van der Waals surface area (Å²) in [5.74, 6) is -0.249. The molecule has 0 aliphatic carbocycles. The Balaban J connectivity index is 2.04. The molecule has 5 nitrogen and oxygen atoms in total. The SMILES string of the molecule is CN(CC(=O)c1ccccc1[N+](=O)[O-])Cc1ccc(C(C)(C)C)cc1. The number of carbonyl (C=O) groups excluding carboxylic acids is 1. The van der Waals surface area contributed by atoms with Crippen LogP contribution in [0.15, 0.2) is 48.5 Å². The number of carbonyl (C=O) groups is 1. The van der Waals surface area contributed by atoms with E-state index < -0.39 is 4.92 Å². The summed E-state index contributed by atoms with van der Waals surface area (Å²) < 4.78 is 0. The van der Waals surface area contributed by atoms with Gasteiger partial charge in [0, 0.05) is 12.6 Å². The number of para-hydroxylation sites is 1. The molecule has 0 aromatic heterocycles. The first kappa shape index (κ1) is 18.8. The summed E-state index contributed by atoms with van der Waals surface area (Å²) in [5, 5.41) is 11.1. The first-order valence-corrected chi connectivity index (χ1v) is 8.23. The molecule has 0 N–H and O–H groups in total. The second-order valence-corrected chi connectivity index (χ2v) is 7.32. The molecule has 0 radical (unpaired) electrons. The Kier molecular flexibility index (Phi) is 5.69. The monoisotopic (exact) mass is 340 g/mol. The molecule has 0 saturated heterocycles. The van der Waals surface area contributed by atoms with Gasteiger partial charge in [-0.2, -0.15) is 0 Å². The minimum Gasteiger partial charge on any atom is -0.295 e. The fraction of sp³-hybridized carbons (Fsp3) is 0.350. The fourth-order valence-corrected chi connectivity index (χ4v) is 2.68. The van der Waals surface area contributed by atoms with Gasteiger partial charge in [-0.15, -0.1) is 0 Å². The van der Waals surface area contributed by atoms with Crippen LogP contribution in [0.1, 0.15) is 42.3 Å². The van der Waals surface area contributed by atoms with Crippen LogP contribution in [0.25, 0.3) is 0 Å². The summed E-state index contributed by atoms with van der Waals surface area (Å²) in [5.41, 5.74) is 2.48. The first-order valence-electron chi connectivity index (χ1n) is 8.23. The predicted molar refractivity (Wildman–Crippen MR) is 98.9 cm³/mol. The van der Waals surface area contributed by atoms with Gasteiger partial charge in [0.15, 0.2) is 5.78 Å². The van der Waals surface area contributed by atoms with Crippen LogP contribution >= 0.6 is 0 Å². The van der Waals surface area contributed by atoms with Crippen molar-refractivity contribution in [3.05, 3.63) is 75.3 Å². The maximum Gasteiger partial charge on any atom is 0.280 e. The van der Waals surface area contributed by atoms with Crippen molar-refractivity contribution in [2.75, 3.05) is 13.6 Å². The van der Waals surface area contributed by atoms with E-state index in [4.69, 9.17) is 0 Å². The van der Waals surface area contributed by atoms with E-state index in [1.807, 2.05) is 11.9 Å². The van der Waals surface area contributed by atoms with Crippen molar-refractivity contribution in [2.24, 2.45) is 0 Å². The Hall–Kier alpha value is -2.53. The zero-order valence-corrected chi connectivity index (χ0v) is 15.2. The molecule has 0 bridgehead atoms. The topological polar surface area (TPSA) is 63.5 Å². The lowest BCUT2D eigenvalue weighted by molar-refractivity contribution is -0.385. The summed E-state index contributed by atoms with van der Waals surface area (Å²) in [6, 6.07) is 14.4. The third-order valence-electron chi connectivity index (χ3n) is 4.09. The smallest absolute Gasteiger partial charge is 0.280 e. The molecule has 0 spiro atoms. The molecule has 0 atom stereocenters. The van der Waals surface area contributed by atoms with Crippen molar-refractivity contribution < 1.29 is 9.72 Å². The zero-order chi connectivity index (χ0) is 18.6. The average Bonchev–Trinajstić information content (AvgIpc) is 2.54. The van der Waals surface area contributed by atoms with Crippen LogP contribution in [0.2, 0.25) is 0 Å². The van der Waals surface area contributed by atoms with E-state index in [0.717, 1.165) is 5.56 Å². The summed E-state index contributed by atoms with van der Waals surface area (Å²) >= 11 is 0. The summed E-state index contributed by atoms with van der Waals surface area (Å²) in [6.45, 7) is 7.24. The number of hydrogen-bond donors (Lipinski definition) is 0. The molecular weight excluding hydrogens is 316 g/mol. The first-order chi connectivity index (χ1) is 11.7. The third kappa shape index (κ3) is 4.97. The van der Waals surface area contributed by atoms with Crippen molar-refractivity contribution in [3.8, 4) is 0 Å². The van der Waals surface area contributed by atoms with E-state index in [9.17, 15) is 14.9 Å². The van der Waals surface area contributed by atoms with Gasteiger partial charge in [0.25, 0.3) is 5.69 Å². The largest absolute Gasteiger partial charge is 0.295 e. The number of nitro groups is 1. The molecule has 0 aliphatic heterocycles. The van der Waals surface area contributed by atoms with Crippen molar-refractivity contribution in [3.63, 3.8) is 0 Å². The standard InChI is InChI=1S/C20H24N2O3/c1-20(2,3)16-11-9-15(10-12-16)13-21(4)14-19(23)17-7-5-6-8-18(17)22(24)25/h5-12H,13-14H2,1-4H3. The highest BCUT2D eigenvalue weighted by Crippen LogP contribution is 2.23. The maximum absolute atomic E-state index is 12.4. The second kappa shape index (κ2) is 7.57. The van der Waals surface area contributed by atoms with Crippen molar-refractivity contribution in [1.82, 2.24) is 4.90 Å². The second-order valence-electron chi connectivity index (χ2n) is 7.32. The molecule has 0 heterocycles. The van der Waals surface area contributed by atoms with Crippen molar-refractivity contribution in [1.29, 1.82) is 0 Å². The van der Waals surface area contributed by atoms with E-state index in [2.05, 4.69) is 45.0 Å². The Bertz CT molecular complexity index is 761. The average molecular weight is 340 g/mol. The van der Waals surface area contributed by atoms with Crippen LogP contribution in [-0.4, -0.2) is 29.2 Å². The van der Waals surface area contributed by atoms with Crippen LogP contribution in [0.5, 0.6) is 0 Å². The molecule has 2 rings (SSSR count). The summed E-state index contributed by atoms with van der Waals surface area (Å²) in [6.07, 6.45) is 0.